The Morgan fingerprint density at radius 2 is 1.70 bits per heavy atom. The first kappa shape index (κ1) is 12.3. The van der Waals surface area contributed by atoms with Crippen molar-refractivity contribution in [3.8, 4) is 0 Å². The van der Waals surface area contributed by atoms with Gasteiger partial charge in [0, 0.05) is 11.6 Å². The van der Waals surface area contributed by atoms with Crippen LogP contribution in [0.25, 0.3) is 10.8 Å². The summed E-state index contributed by atoms with van der Waals surface area (Å²) in [4.78, 5) is 16.2. The van der Waals surface area contributed by atoms with E-state index in [0.29, 0.717) is 0 Å². The zero-order valence-electron chi connectivity index (χ0n) is 10.5. The summed E-state index contributed by atoms with van der Waals surface area (Å²) in [6.45, 7) is 0. The van der Waals surface area contributed by atoms with E-state index in [9.17, 15) is 9.18 Å². The maximum absolute atomic E-state index is 13.5. The molecule has 0 fully saturated rings. The second-order valence-electron chi connectivity index (χ2n) is 4.35. The van der Waals surface area contributed by atoms with Gasteiger partial charge in [0.1, 0.15) is 11.5 Å². The molecule has 1 amide bonds. The van der Waals surface area contributed by atoms with Crippen LogP contribution >= 0.6 is 0 Å². The highest BCUT2D eigenvalue weighted by atomic mass is 19.1. The molecule has 0 saturated heterocycles. The summed E-state index contributed by atoms with van der Waals surface area (Å²) in [6.07, 6.45) is 1.63. The van der Waals surface area contributed by atoms with E-state index in [-0.39, 0.29) is 11.4 Å². The van der Waals surface area contributed by atoms with Gasteiger partial charge in [0.2, 0.25) is 0 Å². The Morgan fingerprint density at radius 3 is 2.50 bits per heavy atom. The van der Waals surface area contributed by atoms with Gasteiger partial charge in [-0.05, 0) is 23.6 Å². The molecule has 98 valence electrons. The Kier molecular flexibility index (Phi) is 3.13. The van der Waals surface area contributed by atoms with Gasteiger partial charge < -0.3 is 5.32 Å². The van der Waals surface area contributed by atoms with Crippen LogP contribution in [0.1, 0.15) is 10.5 Å². The number of rotatable bonds is 2. The van der Waals surface area contributed by atoms with Gasteiger partial charge in [-0.25, -0.2) is 4.39 Å². The maximum atomic E-state index is 13.5. The Morgan fingerprint density at radius 1 is 1.00 bits per heavy atom. The molecule has 0 radical (unpaired) electrons. The van der Waals surface area contributed by atoms with Crippen molar-refractivity contribution in [3.63, 3.8) is 0 Å². The fraction of sp³-hybridized carbons (Fsp3) is 0. The number of benzene rings is 2. The average molecular weight is 266 g/mol. The summed E-state index contributed by atoms with van der Waals surface area (Å²) in [5.41, 5.74) is 0.402. The van der Waals surface area contributed by atoms with E-state index in [1.807, 2.05) is 24.3 Å². The van der Waals surface area contributed by atoms with E-state index in [1.54, 1.807) is 24.4 Å². The molecule has 0 aliphatic carbocycles. The zero-order valence-corrected chi connectivity index (χ0v) is 10.5. The van der Waals surface area contributed by atoms with Crippen molar-refractivity contribution >= 4 is 22.4 Å². The van der Waals surface area contributed by atoms with Crippen LogP contribution in [0.15, 0.2) is 60.8 Å². The number of fused-ring (bicyclic) bond motifs is 1. The lowest BCUT2D eigenvalue weighted by molar-refractivity contribution is 0.102. The van der Waals surface area contributed by atoms with Gasteiger partial charge in [-0.1, -0.05) is 36.4 Å². The smallest absolute Gasteiger partial charge is 0.274 e. The first-order valence-electron chi connectivity index (χ1n) is 6.15. The van der Waals surface area contributed by atoms with Crippen molar-refractivity contribution in [1.29, 1.82) is 0 Å². The lowest BCUT2D eigenvalue weighted by Gasteiger charge is -2.06. The van der Waals surface area contributed by atoms with Crippen molar-refractivity contribution in [2.45, 2.75) is 0 Å². The molecular weight excluding hydrogens is 255 g/mol. The largest absolute Gasteiger partial charge is 0.318 e. The number of pyridine rings is 1. The van der Waals surface area contributed by atoms with Crippen LogP contribution < -0.4 is 5.32 Å². The van der Waals surface area contributed by atoms with E-state index in [1.165, 1.54) is 12.1 Å². The first-order valence-corrected chi connectivity index (χ1v) is 6.15. The number of para-hydroxylation sites is 1. The fourth-order valence-electron chi connectivity index (χ4n) is 1.96. The lowest BCUT2D eigenvalue weighted by atomic mass is 10.1. The van der Waals surface area contributed by atoms with Gasteiger partial charge in [0.05, 0.1) is 5.69 Å². The van der Waals surface area contributed by atoms with Crippen molar-refractivity contribution in [2.75, 3.05) is 5.32 Å². The summed E-state index contributed by atoms with van der Waals surface area (Å²) in [7, 11) is 0. The monoisotopic (exact) mass is 266 g/mol. The Balaban J connectivity index is 1.91. The van der Waals surface area contributed by atoms with Gasteiger partial charge >= 0.3 is 0 Å². The summed E-state index contributed by atoms with van der Waals surface area (Å²) < 4.78 is 13.5. The van der Waals surface area contributed by atoms with Crippen molar-refractivity contribution in [3.05, 3.63) is 72.3 Å². The van der Waals surface area contributed by atoms with E-state index < -0.39 is 11.7 Å². The van der Waals surface area contributed by atoms with Crippen LogP contribution in [0.3, 0.4) is 0 Å². The number of carbonyl (C=O) groups excluding carboxylic acids is 1. The highest BCUT2D eigenvalue weighted by Gasteiger charge is 2.10. The molecular formula is C16H11FN2O. The molecule has 3 aromatic rings. The summed E-state index contributed by atoms with van der Waals surface area (Å²) >= 11 is 0. The second-order valence-corrected chi connectivity index (χ2v) is 4.35. The Hall–Kier alpha value is -2.75. The third-order valence-corrected chi connectivity index (χ3v) is 2.99. The van der Waals surface area contributed by atoms with Crippen LogP contribution in [0.5, 0.6) is 0 Å². The number of aromatic nitrogens is 1. The predicted molar refractivity (Wildman–Crippen MR) is 76.1 cm³/mol. The Labute approximate surface area is 115 Å². The van der Waals surface area contributed by atoms with Gasteiger partial charge in [-0.3, -0.25) is 9.78 Å². The molecule has 0 bridgehead atoms. The summed E-state index contributed by atoms with van der Waals surface area (Å²) in [5, 5.41) is 4.39. The summed E-state index contributed by atoms with van der Waals surface area (Å²) in [6, 6.07) is 15.3. The third-order valence-electron chi connectivity index (χ3n) is 2.99. The van der Waals surface area contributed by atoms with E-state index in [4.69, 9.17) is 0 Å². The fourth-order valence-corrected chi connectivity index (χ4v) is 1.96. The highest BCUT2D eigenvalue weighted by molar-refractivity contribution is 6.04. The van der Waals surface area contributed by atoms with Crippen LogP contribution in [0, 0.1) is 5.82 Å². The lowest BCUT2D eigenvalue weighted by Crippen LogP contribution is -2.14. The average Bonchev–Trinajstić information content (AvgIpc) is 2.49. The van der Waals surface area contributed by atoms with E-state index in [2.05, 4.69) is 10.3 Å². The van der Waals surface area contributed by atoms with Crippen LogP contribution in [-0.2, 0) is 0 Å². The number of anilines is 1. The molecule has 3 nitrogen and oxygen atoms in total. The minimum absolute atomic E-state index is 0.146. The second kappa shape index (κ2) is 5.09. The van der Waals surface area contributed by atoms with Crippen molar-refractivity contribution in [1.82, 2.24) is 4.98 Å². The first-order chi connectivity index (χ1) is 9.74. The van der Waals surface area contributed by atoms with Crippen LogP contribution in [0.2, 0.25) is 0 Å². The molecule has 20 heavy (non-hydrogen) atoms. The number of nitrogens with zero attached hydrogens (tertiary/aromatic N) is 1. The molecule has 1 aromatic heterocycles. The number of nitrogens with one attached hydrogen (secondary N) is 1. The van der Waals surface area contributed by atoms with Gasteiger partial charge in [-0.15, -0.1) is 0 Å². The van der Waals surface area contributed by atoms with E-state index in [0.717, 1.165) is 10.8 Å². The Bertz CT molecular complexity index is 786. The van der Waals surface area contributed by atoms with Gasteiger partial charge in [0.15, 0.2) is 0 Å². The van der Waals surface area contributed by atoms with E-state index >= 15 is 0 Å². The van der Waals surface area contributed by atoms with Crippen molar-refractivity contribution in [2.24, 2.45) is 0 Å². The molecule has 2 aromatic carbocycles. The predicted octanol–water partition coefficient (Wildman–Crippen LogP) is 3.63. The van der Waals surface area contributed by atoms with Crippen LogP contribution in [0.4, 0.5) is 10.1 Å². The number of hydrogen-bond donors (Lipinski definition) is 1. The molecule has 0 aliphatic rings. The van der Waals surface area contributed by atoms with Crippen molar-refractivity contribution < 1.29 is 9.18 Å². The molecule has 0 saturated carbocycles. The third kappa shape index (κ3) is 2.36. The molecule has 0 atom stereocenters. The topological polar surface area (TPSA) is 42.0 Å². The standard InChI is InChI=1S/C16H11FN2O/c17-13-7-3-4-8-14(13)19-16(20)15-9-11-5-1-2-6-12(11)10-18-15/h1-10H,(H,19,20). The number of halogens is 1. The molecule has 0 aliphatic heterocycles. The zero-order chi connectivity index (χ0) is 13.9. The SMILES string of the molecule is O=C(Nc1ccccc1F)c1cc2ccccc2cn1. The highest BCUT2D eigenvalue weighted by Crippen LogP contribution is 2.16. The minimum atomic E-state index is -0.471. The quantitative estimate of drug-likeness (QED) is 0.769. The molecule has 0 spiro atoms. The number of hydrogen-bond acceptors (Lipinski definition) is 2. The molecule has 3 rings (SSSR count). The molecule has 0 unspecified atom stereocenters. The number of carbonyl (C=O) groups is 1. The van der Waals surface area contributed by atoms with Gasteiger partial charge in [-0.2, -0.15) is 0 Å². The molecule has 1 N–H and O–H groups in total. The van der Waals surface area contributed by atoms with Crippen LogP contribution in [-0.4, -0.2) is 10.9 Å². The molecule has 4 heteroatoms. The van der Waals surface area contributed by atoms with Gasteiger partial charge in [0.25, 0.3) is 5.91 Å². The number of amides is 1. The molecule has 1 heterocycles. The maximum Gasteiger partial charge on any atom is 0.274 e. The normalized spacial score (nSPS) is 10.4. The minimum Gasteiger partial charge on any atom is -0.318 e. The summed E-state index contributed by atoms with van der Waals surface area (Å²) in [5.74, 6) is -0.900.